The van der Waals surface area contributed by atoms with Crippen molar-refractivity contribution < 1.29 is 0 Å². The number of aromatic nitrogens is 2. The van der Waals surface area contributed by atoms with E-state index in [4.69, 9.17) is 0 Å². The Morgan fingerprint density at radius 2 is 2.43 bits per heavy atom. The molecule has 0 aliphatic carbocycles. The molecule has 0 saturated carbocycles. The molecular formula is C15H23N5S. The summed E-state index contributed by atoms with van der Waals surface area (Å²) in [5, 5.41) is 5.47. The Morgan fingerprint density at radius 1 is 1.52 bits per heavy atom. The highest BCUT2D eigenvalue weighted by Gasteiger charge is 2.05. The number of aliphatic imine (C=N–C) groups is 1. The third-order valence-electron chi connectivity index (χ3n) is 3.15. The number of hydrogen-bond donors (Lipinski definition) is 1. The van der Waals surface area contributed by atoms with Gasteiger partial charge >= 0.3 is 0 Å². The van der Waals surface area contributed by atoms with Crippen molar-refractivity contribution in [3.05, 3.63) is 41.1 Å². The van der Waals surface area contributed by atoms with Crippen molar-refractivity contribution in [3.63, 3.8) is 0 Å². The molecule has 0 atom stereocenters. The molecule has 0 amide bonds. The highest BCUT2D eigenvalue weighted by Crippen LogP contribution is 2.09. The quantitative estimate of drug-likeness (QED) is 0.629. The molecule has 1 N–H and O–H groups in total. The fourth-order valence-corrected chi connectivity index (χ4v) is 2.70. The van der Waals surface area contributed by atoms with Gasteiger partial charge in [-0.05, 0) is 24.8 Å². The van der Waals surface area contributed by atoms with E-state index in [1.54, 1.807) is 6.20 Å². The lowest BCUT2D eigenvalue weighted by atomic mass is 10.3. The van der Waals surface area contributed by atoms with Gasteiger partial charge in [-0.1, -0.05) is 6.07 Å². The number of nitrogens with zero attached hydrogens (tertiary/aromatic N) is 4. The van der Waals surface area contributed by atoms with Gasteiger partial charge in [-0.15, -0.1) is 11.3 Å². The van der Waals surface area contributed by atoms with E-state index in [1.165, 1.54) is 4.88 Å². The third-order valence-corrected chi connectivity index (χ3v) is 4.09. The molecule has 2 aromatic rings. The highest BCUT2D eigenvalue weighted by molar-refractivity contribution is 7.09. The number of imidazole rings is 1. The predicted octanol–water partition coefficient (Wildman–Crippen LogP) is 2.08. The number of thiophene rings is 1. The minimum atomic E-state index is 0.752. The summed E-state index contributed by atoms with van der Waals surface area (Å²) in [5.41, 5.74) is 0. The van der Waals surface area contributed by atoms with Crippen molar-refractivity contribution in [3.8, 4) is 0 Å². The van der Waals surface area contributed by atoms with Gasteiger partial charge in [-0.3, -0.25) is 4.99 Å². The molecule has 2 aromatic heterocycles. The van der Waals surface area contributed by atoms with E-state index in [0.29, 0.717) is 0 Å². The van der Waals surface area contributed by atoms with Gasteiger partial charge in [0.2, 0.25) is 0 Å². The van der Waals surface area contributed by atoms with Crippen molar-refractivity contribution in [2.75, 3.05) is 26.7 Å². The number of likely N-dealkylation sites (N-methyl/N-ethyl adjacent to an activating group) is 1. The fraction of sp³-hybridized carbons (Fsp3) is 0.467. The van der Waals surface area contributed by atoms with Gasteiger partial charge in [-0.25, -0.2) is 4.98 Å². The van der Waals surface area contributed by atoms with Crippen LogP contribution in [0.5, 0.6) is 0 Å². The van der Waals surface area contributed by atoms with Crippen LogP contribution in [0.4, 0.5) is 0 Å². The summed E-state index contributed by atoms with van der Waals surface area (Å²) < 4.78 is 2.04. The van der Waals surface area contributed by atoms with Crippen LogP contribution in [0, 0.1) is 0 Å². The van der Waals surface area contributed by atoms with E-state index in [2.05, 4.69) is 51.7 Å². The van der Waals surface area contributed by atoms with Crippen LogP contribution in [0.3, 0.4) is 0 Å². The number of hydrogen-bond acceptors (Lipinski definition) is 3. The maximum atomic E-state index is 4.67. The number of nitrogens with one attached hydrogen (secondary N) is 1. The number of guanidine groups is 1. The third kappa shape index (κ3) is 5.23. The second-order valence-corrected chi connectivity index (χ2v) is 5.82. The summed E-state index contributed by atoms with van der Waals surface area (Å²) in [7, 11) is 2.09. The zero-order valence-electron chi connectivity index (χ0n) is 12.7. The van der Waals surface area contributed by atoms with Crippen molar-refractivity contribution in [1.82, 2.24) is 19.8 Å². The Balaban J connectivity index is 1.83. The molecule has 2 rings (SSSR count). The molecule has 0 bridgehead atoms. The van der Waals surface area contributed by atoms with E-state index < -0.39 is 0 Å². The lowest BCUT2D eigenvalue weighted by Gasteiger charge is -2.21. The maximum absolute atomic E-state index is 4.67. The van der Waals surface area contributed by atoms with Gasteiger partial charge in [0.1, 0.15) is 0 Å². The summed E-state index contributed by atoms with van der Waals surface area (Å²) in [6.45, 7) is 5.55. The Kier molecular flexibility index (Phi) is 6.27. The second-order valence-electron chi connectivity index (χ2n) is 4.79. The van der Waals surface area contributed by atoms with Crippen molar-refractivity contribution >= 4 is 17.3 Å². The first-order valence-corrected chi connectivity index (χ1v) is 8.15. The first-order valence-electron chi connectivity index (χ1n) is 7.27. The fourth-order valence-electron chi connectivity index (χ4n) is 2.00. The van der Waals surface area contributed by atoms with Crippen LogP contribution in [0.25, 0.3) is 0 Å². The molecule has 6 heteroatoms. The summed E-state index contributed by atoms with van der Waals surface area (Å²) in [5.74, 6) is 0.967. The average molecular weight is 305 g/mol. The molecule has 114 valence electrons. The molecular weight excluding hydrogens is 282 g/mol. The Bertz CT molecular complexity index is 518. The molecule has 0 aliphatic heterocycles. The average Bonchev–Trinajstić information content (AvgIpc) is 3.17. The standard InChI is InChI=1S/C15H23N5S/c1-3-17-15(18-8-11-20-10-7-16-13-20)19(2)9-6-14-5-4-12-21-14/h4-5,7,10,12-13H,3,6,8-9,11H2,1-2H3,(H,17,18). The predicted molar refractivity (Wildman–Crippen MR) is 88.9 cm³/mol. The van der Waals surface area contributed by atoms with Crippen molar-refractivity contribution in [2.24, 2.45) is 4.99 Å². The van der Waals surface area contributed by atoms with Gasteiger partial charge in [0.25, 0.3) is 0 Å². The molecule has 2 heterocycles. The number of rotatable bonds is 7. The van der Waals surface area contributed by atoms with Crippen LogP contribution in [0.15, 0.2) is 41.2 Å². The van der Waals surface area contributed by atoms with E-state index in [0.717, 1.165) is 38.6 Å². The molecule has 0 fully saturated rings. The van der Waals surface area contributed by atoms with Crippen molar-refractivity contribution in [2.45, 2.75) is 19.9 Å². The molecule has 21 heavy (non-hydrogen) atoms. The van der Waals surface area contributed by atoms with Gasteiger partial charge in [0, 0.05) is 44.0 Å². The minimum Gasteiger partial charge on any atom is -0.357 e. The molecule has 0 spiro atoms. The SMILES string of the molecule is CCNC(=NCCn1ccnc1)N(C)CCc1cccs1. The maximum Gasteiger partial charge on any atom is 0.193 e. The molecule has 0 radical (unpaired) electrons. The van der Waals surface area contributed by atoms with Crippen LogP contribution in [0.1, 0.15) is 11.8 Å². The summed E-state index contributed by atoms with van der Waals surface area (Å²) >= 11 is 1.81. The molecule has 5 nitrogen and oxygen atoms in total. The topological polar surface area (TPSA) is 45.5 Å². The van der Waals surface area contributed by atoms with Crippen LogP contribution in [0.2, 0.25) is 0 Å². The van der Waals surface area contributed by atoms with Crippen LogP contribution < -0.4 is 5.32 Å². The highest BCUT2D eigenvalue weighted by atomic mass is 32.1. The lowest BCUT2D eigenvalue weighted by Crippen LogP contribution is -2.40. The molecule has 0 saturated heterocycles. The summed E-state index contributed by atoms with van der Waals surface area (Å²) in [4.78, 5) is 12.3. The zero-order valence-corrected chi connectivity index (χ0v) is 13.5. The van der Waals surface area contributed by atoms with Crippen LogP contribution >= 0.6 is 11.3 Å². The molecule has 0 aliphatic rings. The van der Waals surface area contributed by atoms with E-state index in [1.807, 2.05) is 28.4 Å². The van der Waals surface area contributed by atoms with Gasteiger partial charge < -0.3 is 14.8 Å². The first-order chi connectivity index (χ1) is 10.3. The van der Waals surface area contributed by atoms with E-state index in [9.17, 15) is 0 Å². The Labute approximate surface area is 130 Å². The van der Waals surface area contributed by atoms with Gasteiger partial charge in [0.15, 0.2) is 5.96 Å². The Hall–Kier alpha value is -1.82. The van der Waals surface area contributed by atoms with E-state index in [-0.39, 0.29) is 0 Å². The monoisotopic (exact) mass is 305 g/mol. The summed E-state index contributed by atoms with van der Waals surface area (Å²) in [6.07, 6.45) is 6.63. The van der Waals surface area contributed by atoms with Gasteiger partial charge in [0.05, 0.1) is 12.9 Å². The molecule has 0 aromatic carbocycles. The van der Waals surface area contributed by atoms with Gasteiger partial charge in [-0.2, -0.15) is 0 Å². The normalized spacial score (nSPS) is 11.6. The first kappa shape index (κ1) is 15.6. The van der Waals surface area contributed by atoms with Crippen LogP contribution in [-0.2, 0) is 13.0 Å². The minimum absolute atomic E-state index is 0.752. The lowest BCUT2D eigenvalue weighted by molar-refractivity contribution is 0.485. The summed E-state index contributed by atoms with van der Waals surface area (Å²) in [6, 6.07) is 4.28. The van der Waals surface area contributed by atoms with Crippen LogP contribution in [-0.4, -0.2) is 47.1 Å². The molecule has 0 unspecified atom stereocenters. The zero-order chi connectivity index (χ0) is 14.9. The smallest absolute Gasteiger partial charge is 0.193 e. The second kappa shape index (κ2) is 8.46. The Morgan fingerprint density at radius 3 is 3.10 bits per heavy atom. The van der Waals surface area contributed by atoms with E-state index >= 15 is 0 Å². The largest absolute Gasteiger partial charge is 0.357 e. The van der Waals surface area contributed by atoms with Crippen molar-refractivity contribution in [1.29, 1.82) is 0 Å².